The lowest BCUT2D eigenvalue weighted by molar-refractivity contribution is -0.158. The molecule has 114 valence electrons. The van der Waals surface area contributed by atoms with E-state index in [0.29, 0.717) is 12.5 Å². The van der Waals surface area contributed by atoms with Gasteiger partial charge in [0.15, 0.2) is 6.10 Å². The molecule has 1 unspecified atom stereocenters. The molecule has 0 radical (unpaired) electrons. The Labute approximate surface area is 122 Å². The van der Waals surface area contributed by atoms with E-state index in [0.717, 1.165) is 6.42 Å². The number of likely N-dealkylation sites (N-methyl/N-ethyl adjacent to an activating group) is 1. The summed E-state index contributed by atoms with van der Waals surface area (Å²) < 4.78 is 5.10. The van der Waals surface area contributed by atoms with Crippen molar-refractivity contribution in [3.05, 3.63) is 0 Å². The van der Waals surface area contributed by atoms with Crippen molar-refractivity contribution in [1.29, 1.82) is 0 Å². The number of ether oxygens (including phenoxy) is 1. The summed E-state index contributed by atoms with van der Waals surface area (Å²) in [5.41, 5.74) is 5.63. The van der Waals surface area contributed by atoms with E-state index in [4.69, 9.17) is 10.5 Å². The third-order valence-electron chi connectivity index (χ3n) is 2.69. The Morgan fingerprint density at radius 2 is 1.74 bits per heavy atom. The lowest BCUT2D eigenvalue weighted by Crippen LogP contribution is -2.35. The molecule has 0 aliphatic carbocycles. The average molecular weight is 295 g/mol. The summed E-state index contributed by atoms with van der Waals surface area (Å²) in [4.78, 5) is 24.6. The summed E-state index contributed by atoms with van der Waals surface area (Å²) in [5, 5.41) is 0. The number of amides is 1. The minimum absolute atomic E-state index is 0. The van der Waals surface area contributed by atoms with E-state index >= 15 is 0 Å². The van der Waals surface area contributed by atoms with E-state index in [2.05, 4.69) is 13.8 Å². The summed E-state index contributed by atoms with van der Waals surface area (Å²) in [6.07, 6.45) is 0.436. The monoisotopic (exact) mass is 294 g/mol. The van der Waals surface area contributed by atoms with E-state index < -0.39 is 6.10 Å². The maximum Gasteiger partial charge on any atom is 0.306 e. The summed E-state index contributed by atoms with van der Waals surface area (Å²) in [5.74, 6) is 0.0525. The van der Waals surface area contributed by atoms with Crippen molar-refractivity contribution in [3.63, 3.8) is 0 Å². The van der Waals surface area contributed by atoms with Crippen molar-refractivity contribution in [1.82, 2.24) is 4.90 Å². The normalized spacial score (nSPS) is 13.4. The summed E-state index contributed by atoms with van der Waals surface area (Å²) in [6, 6.07) is 0. The number of nitrogens with two attached hydrogens (primary N) is 1. The molecule has 0 aromatic carbocycles. The molecule has 0 spiro atoms. The lowest BCUT2D eigenvalue weighted by atomic mass is 9.94. The second-order valence-electron chi connectivity index (χ2n) is 5.30. The van der Waals surface area contributed by atoms with Gasteiger partial charge in [0.25, 0.3) is 5.91 Å². The SMILES string of the molecule is CC(C)C[C@H](CN)CC(=O)OC(C)C(=O)N(C)C.Cl. The number of halogens is 1. The molecule has 0 fully saturated rings. The molecule has 0 aromatic heterocycles. The summed E-state index contributed by atoms with van der Waals surface area (Å²) in [6.45, 7) is 6.22. The number of hydrogen-bond acceptors (Lipinski definition) is 4. The number of carbonyl (C=O) groups is 2. The zero-order valence-corrected chi connectivity index (χ0v) is 13.3. The number of carbonyl (C=O) groups excluding carboxylic acids is 2. The Morgan fingerprint density at radius 3 is 2.11 bits per heavy atom. The third-order valence-corrected chi connectivity index (χ3v) is 2.69. The molecule has 0 rings (SSSR count). The van der Waals surface area contributed by atoms with Crippen LogP contribution in [-0.4, -0.2) is 43.5 Å². The highest BCUT2D eigenvalue weighted by atomic mass is 35.5. The minimum Gasteiger partial charge on any atom is -0.453 e. The van der Waals surface area contributed by atoms with E-state index in [1.165, 1.54) is 4.90 Å². The second kappa shape index (κ2) is 10.0. The van der Waals surface area contributed by atoms with Crippen molar-refractivity contribution < 1.29 is 14.3 Å². The van der Waals surface area contributed by atoms with Gasteiger partial charge in [0.1, 0.15) is 0 Å². The largest absolute Gasteiger partial charge is 0.453 e. The molecule has 5 nitrogen and oxygen atoms in total. The fourth-order valence-electron chi connectivity index (χ4n) is 1.82. The quantitative estimate of drug-likeness (QED) is 0.721. The molecule has 0 aromatic rings. The molecular formula is C13H27ClN2O3. The molecule has 0 aliphatic rings. The molecular weight excluding hydrogens is 268 g/mol. The van der Waals surface area contributed by atoms with Crippen LogP contribution >= 0.6 is 12.4 Å². The zero-order chi connectivity index (χ0) is 14.3. The fraction of sp³-hybridized carbons (Fsp3) is 0.846. The molecule has 1 amide bonds. The topological polar surface area (TPSA) is 72.6 Å². The Morgan fingerprint density at radius 1 is 1.21 bits per heavy atom. The van der Waals surface area contributed by atoms with Gasteiger partial charge in [0, 0.05) is 20.5 Å². The van der Waals surface area contributed by atoms with E-state index in [9.17, 15) is 9.59 Å². The van der Waals surface area contributed by atoms with Crippen LogP contribution in [0, 0.1) is 11.8 Å². The van der Waals surface area contributed by atoms with Gasteiger partial charge in [0.2, 0.25) is 0 Å². The maximum absolute atomic E-state index is 11.7. The van der Waals surface area contributed by atoms with Crippen LogP contribution in [0.1, 0.15) is 33.6 Å². The fourth-order valence-corrected chi connectivity index (χ4v) is 1.82. The van der Waals surface area contributed by atoms with Crippen molar-refractivity contribution in [2.75, 3.05) is 20.6 Å². The Kier molecular flexibility index (Phi) is 10.8. The summed E-state index contributed by atoms with van der Waals surface area (Å²) >= 11 is 0. The van der Waals surface area contributed by atoms with E-state index in [1.807, 2.05) is 0 Å². The van der Waals surface area contributed by atoms with Crippen LogP contribution in [0.3, 0.4) is 0 Å². The number of rotatable bonds is 7. The Balaban J connectivity index is 0. The van der Waals surface area contributed by atoms with Gasteiger partial charge in [-0.25, -0.2) is 0 Å². The predicted octanol–water partition coefficient (Wildman–Crippen LogP) is 1.44. The van der Waals surface area contributed by atoms with Crippen LogP contribution in [-0.2, 0) is 14.3 Å². The van der Waals surface area contributed by atoms with Gasteiger partial charge in [-0.3, -0.25) is 9.59 Å². The maximum atomic E-state index is 11.7. The highest BCUT2D eigenvalue weighted by Crippen LogP contribution is 2.15. The average Bonchev–Trinajstić information content (AvgIpc) is 2.25. The predicted molar refractivity (Wildman–Crippen MR) is 78.1 cm³/mol. The summed E-state index contributed by atoms with van der Waals surface area (Å²) in [7, 11) is 3.27. The van der Waals surface area contributed by atoms with Gasteiger partial charge in [-0.05, 0) is 31.7 Å². The first-order valence-corrected chi connectivity index (χ1v) is 6.38. The van der Waals surface area contributed by atoms with Crippen molar-refractivity contribution in [2.24, 2.45) is 17.6 Å². The van der Waals surface area contributed by atoms with Gasteiger partial charge >= 0.3 is 5.97 Å². The molecule has 2 atom stereocenters. The molecule has 0 aliphatic heterocycles. The smallest absolute Gasteiger partial charge is 0.306 e. The number of esters is 1. The van der Waals surface area contributed by atoms with Crippen LogP contribution in [0.4, 0.5) is 0 Å². The van der Waals surface area contributed by atoms with Crippen LogP contribution in [0.2, 0.25) is 0 Å². The molecule has 0 saturated carbocycles. The molecule has 0 saturated heterocycles. The van der Waals surface area contributed by atoms with Gasteiger partial charge in [-0.15, -0.1) is 12.4 Å². The van der Waals surface area contributed by atoms with Crippen molar-refractivity contribution in [2.45, 2.75) is 39.7 Å². The molecule has 0 bridgehead atoms. The highest BCUT2D eigenvalue weighted by Gasteiger charge is 2.21. The van der Waals surface area contributed by atoms with Crippen LogP contribution in [0.25, 0.3) is 0 Å². The standard InChI is InChI=1S/C13H26N2O3.ClH/c1-9(2)6-11(8-14)7-12(16)18-10(3)13(17)15(4)5;/h9-11H,6-8,14H2,1-5H3;1H/t10?,11-;/m0./s1. The highest BCUT2D eigenvalue weighted by molar-refractivity contribution is 5.85. The van der Waals surface area contributed by atoms with E-state index in [-0.39, 0.29) is 36.6 Å². The first-order chi connectivity index (χ1) is 8.27. The zero-order valence-electron chi connectivity index (χ0n) is 12.5. The first-order valence-electron chi connectivity index (χ1n) is 6.38. The molecule has 6 heteroatoms. The number of hydrogen-bond donors (Lipinski definition) is 1. The Hall–Kier alpha value is -0.810. The van der Waals surface area contributed by atoms with Gasteiger partial charge in [0.05, 0.1) is 0 Å². The van der Waals surface area contributed by atoms with Crippen molar-refractivity contribution in [3.8, 4) is 0 Å². The lowest BCUT2D eigenvalue weighted by Gasteiger charge is -2.20. The molecule has 19 heavy (non-hydrogen) atoms. The molecule has 2 N–H and O–H groups in total. The van der Waals surface area contributed by atoms with Gasteiger partial charge in [-0.2, -0.15) is 0 Å². The Bertz CT molecular complexity index is 283. The second-order valence-corrected chi connectivity index (χ2v) is 5.30. The third kappa shape index (κ3) is 8.83. The van der Waals surface area contributed by atoms with Gasteiger partial charge in [-0.1, -0.05) is 13.8 Å². The minimum atomic E-state index is -0.732. The number of nitrogens with zero attached hydrogens (tertiary/aromatic N) is 1. The van der Waals surface area contributed by atoms with Crippen LogP contribution in [0.5, 0.6) is 0 Å². The van der Waals surface area contributed by atoms with Crippen LogP contribution < -0.4 is 5.73 Å². The first kappa shape index (κ1) is 20.5. The van der Waals surface area contributed by atoms with E-state index in [1.54, 1.807) is 21.0 Å². The van der Waals surface area contributed by atoms with Gasteiger partial charge < -0.3 is 15.4 Å². The van der Waals surface area contributed by atoms with Crippen LogP contribution in [0.15, 0.2) is 0 Å². The molecule has 0 heterocycles. The van der Waals surface area contributed by atoms with Crippen molar-refractivity contribution >= 4 is 24.3 Å².